The fourth-order valence-electron chi connectivity index (χ4n) is 2.32. The summed E-state index contributed by atoms with van der Waals surface area (Å²) in [5.41, 5.74) is 0.445. The van der Waals surface area contributed by atoms with Crippen LogP contribution in [0.5, 0.6) is 0 Å². The molecular weight excluding hydrogens is 252 g/mol. The molecule has 1 unspecified atom stereocenters. The van der Waals surface area contributed by atoms with Gasteiger partial charge in [0, 0.05) is 26.2 Å². The molecule has 0 bridgehead atoms. The Morgan fingerprint density at radius 2 is 1.94 bits per heavy atom. The Kier molecular flexibility index (Phi) is 10.1. The lowest BCUT2D eigenvalue weighted by Crippen LogP contribution is -2.36. The van der Waals surface area contributed by atoms with Crippen LogP contribution in [0.15, 0.2) is 0 Å². The van der Waals surface area contributed by atoms with Crippen LogP contribution >= 0.6 is 12.4 Å². The maximum atomic E-state index is 5.52. The summed E-state index contributed by atoms with van der Waals surface area (Å²) in [4.78, 5) is 2.37. The predicted molar refractivity (Wildman–Crippen MR) is 77.7 cm³/mol. The van der Waals surface area contributed by atoms with Gasteiger partial charge in [-0.1, -0.05) is 6.92 Å². The average molecular weight is 281 g/mol. The van der Waals surface area contributed by atoms with Crippen LogP contribution in [-0.2, 0) is 9.47 Å². The predicted octanol–water partition coefficient (Wildman–Crippen LogP) is 1.39. The second kappa shape index (κ2) is 9.98. The van der Waals surface area contributed by atoms with E-state index in [-0.39, 0.29) is 12.4 Å². The summed E-state index contributed by atoms with van der Waals surface area (Å²) < 4.78 is 10.7. The van der Waals surface area contributed by atoms with E-state index in [9.17, 15) is 0 Å². The van der Waals surface area contributed by atoms with Crippen LogP contribution in [0.3, 0.4) is 0 Å². The first kappa shape index (κ1) is 18.1. The van der Waals surface area contributed by atoms with Crippen molar-refractivity contribution >= 4 is 12.4 Å². The average Bonchev–Trinajstić information content (AvgIpc) is 2.70. The van der Waals surface area contributed by atoms with Crippen LogP contribution in [0, 0.1) is 5.41 Å². The number of ether oxygens (including phenoxy) is 2. The van der Waals surface area contributed by atoms with Gasteiger partial charge in [0.25, 0.3) is 0 Å². The SMILES string of the molecule is CCOCCOCCN(C)CC1(C)CCNC1.Cl. The summed E-state index contributed by atoms with van der Waals surface area (Å²) in [6.45, 7) is 11.8. The van der Waals surface area contributed by atoms with Crippen molar-refractivity contribution < 1.29 is 9.47 Å². The Morgan fingerprint density at radius 3 is 2.56 bits per heavy atom. The zero-order valence-electron chi connectivity index (χ0n) is 12.0. The lowest BCUT2D eigenvalue weighted by atomic mass is 9.89. The summed E-state index contributed by atoms with van der Waals surface area (Å²) >= 11 is 0. The van der Waals surface area contributed by atoms with Crippen molar-refractivity contribution in [3.63, 3.8) is 0 Å². The van der Waals surface area contributed by atoms with Gasteiger partial charge in [0.2, 0.25) is 0 Å². The summed E-state index contributed by atoms with van der Waals surface area (Å²) in [7, 11) is 2.18. The maximum Gasteiger partial charge on any atom is 0.0701 e. The highest BCUT2D eigenvalue weighted by Crippen LogP contribution is 2.24. The minimum atomic E-state index is 0. The Bertz CT molecular complexity index is 199. The fourth-order valence-corrected chi connectivity index (χ4v) is 2.32. The first-order valence-electron chi connectivity index (χ1n) is 6.71. The molecule has 1 aliphatic heterocycles. The molecule has 0 spiro atoms. The van der Waals surface area contributed by atoms with Crippen molar-refractivity contribution in [3.05, 3.63) is 0 Å². The molecule has 0 aromatic heterocycles. The number of hydrogen-bond acceptors (Lipinski definition) is 4. The Hall–Kier alpha value is 0.130. The number of likely N-dealkylation sites (N-methyl/N-ethyl adjacent to an activating group) is 1. The van der Waals surface area contributed by atoms with Gasteiger partial charge in [-0.05, 0) is 32.4 Å². The highest BCUT2D eigenvalue weighted by Gasteiger charge is 2.29. The second-order valence-electron chi connectivity index (χ2n) is 5.28. The molecule has 4 nitrogen and oxygen atoms in total. The number of nitrogens with one attached hydrogen (secondary N) is 1. The molecule has 5 heteroatoms. The molecule has 0 aromatic rings. The van der Waals surface area contributed by atoms with Crippen LogP contribution < -0.4 is 5.32 Å². The minimum absolute atomic E-state index is 0. The number of nitrogens with zero attached hydrogens (tertiary/aromatic N) is 1. The molecule has 1 atom stereocenters. The van der Waals surface area contributed by atoms with E-state index < -0.39 is 0 Å². The summed E-state index contributed by atoms with van der Waals surface area (Å²) in [5.74, 6) is 0. The van der Waals surface area contributed by atoms with Gasteiger partial charge >= 0.3 is 0 Å². The smallest absolute Gasteiger partial charge is 0.0701 e. The molecule has 1 fully saturated rings. The Balaban J connectivity index is 0.00000289. The topological polar surface area (TPSA) is 33.7 Å². The quantitative estimate of drug-likeness (QED) is 0.647. The van der Waals surface area contributed by atoms with Gasteiger partial charge < -0.3 is 19.7 Å². The van der Waals surface area contributed by atoms with Crippen LogP contribution in [0.1, 0.15) is 20.3 Å². The lowest BCUT2D eigenvalue weighted by molar-refractivity contribution is 0.0419. The van der Waals surface area contributed by atoms with Crippen LogP contribution in [0.25, 0.3) is 0 Å². The van der Waals surface area contributed by atoms with E-state index in [1.165, 1.54) is 6.42 Å². The first-order chi connectivity index (χ1) is 8.16. The zero-order chi connectivity index (χ0) is 12.6. The third kappa shape index (κ3) is 7.54. The van der Waals surface area contributed by atoms with E-state index in [2.05, 4.69) is 24.2 Å². The number of hydrogen-bond donors (Lipinski definition) is 1. The van der Waals surface area contributed by atoms with E-state index >= 15 is 0 Å². The second-order valence-corrected chi connectivity index (χ2v) is 5.28. The van der Waals surface area contributed by atoms with Gasteiger partial charge in [0.15, 0.2) is 0 Å². The summed E-state index contributed by atoms with van der Waals surface area (Å²) in [6, 6.07) is 0. The highest BCUT2D eigenvalue weighted by atomic mass is 35.5. The molecule has 1 aliphatic rings. The summed E-state index contributed by atoms with van der Waals surface area (Å²) in [5, 5.41) is 3.43. The van der Waals surface area contributed by atoms with Gasteiger partial charge in [0.05, 0.1) is 19.8 Å². The molecule has 110 valence electrons. The van der Waals surface area contributed by atoms with Gasteiger partial charge in [0.1, 0.15) is 0 Å². The number of rotatable bonds is 9. The van der Waals surface area contributed by atoms with E-state index in [0.29, 0.717) is 18.6 Å². The molecule has 0 aliphatic carbocycles. The molecular formula is C13H29ClN2O2. The largest absolute Gasteiger partial charge is 0.379 e. The number of halogens is 1. The van der Waals surface area contributed by atoms with E-state index in [1.54, 1.807) is 0 Å². The third-order valence-corrected chi connectivity index (χ3v) is 3.30. The third-order valence-electron chi connectivity index (χ3n) is 3.30. The van der Waals surface area contributed by atoms with Crippen molar-refractivity contribution in [1.29, 1.82) is 0 Å². The Labute approximate surface area is 118 Å². The molecule has 0 saturated carbocycles. The van der Waals surface area contributed by atoms with Gasteiger partial charge in [-0.2, -0.15) is 0 Å². The monoisotopic (exact) mass is 280 g/mol. The highest BCUT2D eigenvalue weighted by molar-refractivity contribution is 5.85. The van der Waals surface area contributed by atoms with Crippen molar-refractivity contribution in [2.75, 3.05) is 59.7 Å². The van der Waals surface area contributed by atoms with E-state index in [0.717, 1.165) is 39.4 Å². The molecule has 1 rings (SSSR count). The lowest BCUT2D eigenvalue weighted by Gasteiger charge is -2.29. The van der Waals surface area contributed by atoms with Crippen LogP contribution in [-0.4, -0.2) is 64.6 Å². The van der Waals surface area contributed by atoms with Crippen molar-refractivity contribution in [3.8, 4) is 0 Å². The van der Waals surface area contributed by atoms with Crippen LogP contribution in [0.2, 0.25) is 0 Å². The molecule has 1 heterocycles. The van der Waals surface area contributed by atoms with Crippen molar-refractivity contribution in [2.24, 2.45) is 5.41 Å². The molecule has 1 N–H and O–H groups in total. The fraction of sp³-hybridized carbons (Fsp3) is 1.00. The first-order valence-corrected chi connectivity index (χ1v) is 6.71. The molecule has 0 radical (unpaired) electrons. The standard InChI is InChI=1S/C13H28N2O2.ClH/c1-4-16-9-10-17-8-7-15(3)12-13(2)5-6-14-11-13;/h14H,4-12H2,1-3H3;1H. The minimum Gasteiger partial charge on any atom is -0.379 e. The van der Waals surface area contributed by atoms with Gasteiger partial charge in [-0.15, -0.1) is 12.4 Å². The molecule has 18 heavy (non-hydrogen) atoms. The normalized spacial score (nSPS) is 23.3. The molecule has 0 amide bonds. The maximum absolute atomic E-state index is 5.52. The van der Waals surface area contributed by atoms with Gasteiger partial charge in [-0.25, -0.2) is 0 Å². The van der Waals surface area contributed by atoms with E-state index in [4.69, 9.17) is 9.47 Å². The van der Waals surface area contributed by atoms with Gasteiger partial charge in [-0.3, -0.25) is 0 Å². The summed E-state index contributed by atoms with van der Waals surface area (Å²) in [6.07, 6.45) is 1.28. The molecule has 0 aromatic carbocycles. The van der Waals surface area contributed by atoms with Crippen molar-refractivity contribution in [1.82, 2.24) is 10.2 Å². The zero-order valence-corrected chi connectivity index (χ0v) is 12.9. The van der Waals surface area contributed by atoms with E-state index in [1.807, 2.05) is 6.92 Å². The van der Waals surface area contributed by atoms with Crippen molar-refractivity contribution in [2.45, 2.75) is 20.3 Å². The Morgan fingerprint density at radius 1 is 1.22 bits per heavy atom. The van der Waals surface area contributed by atoms with Crippen LogP contribution in [0.4, 0.5) is 0 Å². The molecule has 1 saturated heterocycles.